The van der Waals surface area contributed by atoms with Crippen LogP contribution < -0.4 is 5.32 Å². The van der Waals surface area contributed by atoms with Gasteiger partial charge in [0, 0.05) is 30.8 Å². The van der Waals surface area contributed by atoms with Gasteiger partial charge >= 0.3 is 6.03 Å². The Morgan fingerprint density at radius 1 is 1.19 bits per heavy atom. The topological polar surface area (TPSA) is 52.7 Å². The molecule has 2 amide bonds. The molecule has 1 aromatic carbocycles. The van der Waals surface area contributed by atoms with Crippen LogP contribution in [-0.4, -0.2) is 54.8 Å². The van der Waals surface area contributed by atoms with Gasteiger partial charge in [-0.05, 0) is 62.7 Å². The van der Waals surface area contributed by atoms with E-state index in [1.165, 1.54) is 0 Å². The van der Waals surface area contributed by atoms with Crippen molar-refractivity contribution in [3.63, 3.8) is 0 Å². The van der Waals surface area contributed by atoms with Crippen molar-refractivity contribution in [2.24, 2.45) is 5.41 Å². The first kappa shape index (κ1) is 20.4. The quantitative estimate of drug-likeness (QED) is 0.773. The summed E-state index contributed by atoms with van der Waals surface area (Å²) in [5, 5.41) is 2.94. The molecule has 0 spiro atoms. The zero-order valence-corrected chi connectivity index (χ0v) is 16.8. The number of ketones is 1. The molecule has 1 aromatic rings. The van der Waals surface area contributed by atoms with E-state index in [2.05, 4.69) is 38.0 Å². The maximum Gasteiger partial charge on any atom is 0.321 e. The van der Waals surface area contributed by atoms with Crippen molar-refractivity contribution < 1.29 is 9.59 Å². The average Bonchev–Trinajstić information content (AvgIpc) is 2.62. The van der Waals surface area contributed by atoms with Crippen molar-refractivity contribution in [2.45, 2.75) is 52.5 Å². The van der Waals surface area contributed by atoms with Crippen LogP contribution in [0.5, 0.6) is 0 Å². The Hall–Kier alpha value is -1.88. The number of urea groups is 1. The number of amides is 2. The van der Waals surface area contributed by atoms with Crippen LogP contribution in [0, 0.1) is 5.41 Å². The van der Waals surface area contributed by atoms with Gasteiger partial charge in [0.2, 0.25) is 0 Å². The highest BCUT2D eigenvalue weighted by Crippen LogP contribution is 2.26. The van der Waals surface area contributed by atoms with Crippen molar-refractivity contribution >= 4 is 17.5 Å². The molecular weight excluding hydrogens is 326 g/mol. The summed E-state index contributed by atoms with van der Waals surface area (Å²) in [6, 6.07) is 7.42. The second kappa shape index (κ2) is 8.67. The summed E-state index contributed by atoms with van der Waals surface area (Å²) < 4.78 is 0. The van der Waals surface area contributed by atoms with Crippen molar-refractivity contribution in [3.8, 4) is 0 Å². The zero-order valence-electron chi connectivity index (χ0n) is 16.8. The molecule has 1 fully saturated rings. The van der Waals surface area contributed by atoms with Gasteiger partial charge in [0.25, 0.3) is 0 Å². The number of carbonyl (C=O) groups excluding carboxylic acids is 2. The third-order valence-electron chi connectivity index (χ3n) is 5.61. The van der Waals surface area contributed by atoms with Gasteiger partial charge < -0.3 is 15.1 Å². The number of likely N-dealkylation sites (tertiary alicyclic amines) is 1. The van der Waals surface area contributed by atoms with Gasteiger partial charge in [0.05, 0.1) is 0 Å². The minimum Gasteiger partial charge on any atom is -0.325 e. The molecule has 1 saturated heterocycles. The number of piperidine rings is 1. The second-order valence-corrected chi connectivity index (χ2v) is 8.27. The number of hydrogen-bond donors (Lipinski definition) is 1. The van der Waals surface area contributed by atoms with E-state index in [4.69, 9.17) is 0 Å². The lowest BCUT2D eigenvalue weighted by molar-refractivity contribution is 0.0928. The molecule has 26 heavy (non-hydrogen) atoms. The molecule has 0 bridgehead atoms. The Labute approximate surface area is 157 Å². The first-order valence-electron chi connectivity index (χ1n) is 9.57. The van der Waals surface area contributed by atoms with Crippen LogP contribution in [0.3, 0.4) is 0 Å². The van der Waals surface area contributed by atoms with Crippen molar-refractivity contribution in [2.75, 3.05) is 32.5 Å². The summed E-state index contributed by atoms with van der Waals surface area (Å²) in [6.07, 6.45) is 3.51. The summed E-state index contributed by atoms with van der Waals surface area (Å²) in [4.78, 5) is 29.0. The molecule has 2 rings (SSSR count). The van der Waals surface area contributed by atoms with E-state index < -0.39 is 0 Å². The Morgan fingerprint density at radius 3 is 2.31 bits per heavy atom. The smallest absolute Gasteiger partial charge is 0.321 e. The lowest BCUT2D eigenvalue weighted by atomic mass is 9.83. The fourth-order valence-corrected chi connectivity index (χ4v) is 3.16. The molecule has 1 N–H and O–H groups in total. The van der Waals surface area contributed by atoms with E-state index in [9.17, 15) is 9.59 Å². The summed E-state index contributed by atoms with van der Waals surface area (Å²) in [5.41, 5.74) is 1.44. The van der Waals surface area contributed by atoms with E-state index in [0.29, 0.717) is 12.0 Å². The van der Waals surface area contributed by atoms with Crippen LogP contribution in [0.25, 0.3) is 0 Å². The SMILES string of the molecule is CCC(C)(C)CC(=O)c1ccc(NC(=O)N(C)C2CCN(C)CC2)cc1. The molecule has 0 aromatic heterocycles. The van der Waals surface area contributed by atoms with Gasteiger partial charge in [-0.1, -0.05) is 27.2 Å². The standard InChI is InChI=1S/C21H33N3O2/c1-6-21(2,3)15-19(25)16-7-9-17(10-8-16)22-20(26)24(5)18-11-13-23(4)14-12-18/h7-10,18H,6,11-15H2,1-5H3,(H,22,26). The minimum atomic E-state index is -0.0919. The first-order valence-corrected chi connectivity index (χ1v) is 9.57. The van der Waals surface area contributed by atoms with Gasteiger partial charge in [0.15, 0.2) is 5.78 Å². The predicted molar refractivity (Wildman–Crippen MR) is 107 cm³/mol. The third-order valence-corrected chi connectivity index (χ3v) is 5.61. The number of benzene rings is 1. The van der Waals surface area contributed by atoms with Gasteiger partial charge in [0.1, 0.15) is 0 Å². The molecular formula is C21H33N3O2. The summed E-state index contributed by atoms with van der Waals surface area (Å²) >= 11 is 0. The largest absolute Gasteiger partial charge is 0.325 e. The number of hydrogen-bond acceptors (Lipinski definition) is 3. The molecule has 1 aliphatic heterocycles. The Balaban J connectivity index is 1.92. The third kappa shape index (κ3) is 5.56. The van der Waals surface area contributed by atoms with Gasteiger partial charge in [-0.15, -0.1) is 0 Å². The van der Waals surface area contributed by atoms with Crippen LogP contribution in [0.2, 0.25) is 0 Å². The first-order chi connectivity index (χ1) is 12.2. The lowest BCUT2D eigenvalue weighted by Crippen LogP contribution is -2.46. The Bertz CT molecular complexity index is 617. The monoisotopic (exact) mass is 359 g/mol. The maximum atomic E-state index is 12.5. The number of rotatable bonds is 6. The van der Waals surface area contributed by atoms with E-state index >= 15 is 0 Å². The molecule has 0 atom stereocenters. The number of nitrogens with zero attached hydrogens (tertiary/aromatic N) is 2. The van der Waals surface area contributed by atoms with Crippen LogP contribution in [-0.2, 0) is 0 Å². The highest BCUT2D eigenvalue weighted by atomic mass is 16.2. The molecule has 0 aliphatic carbocycles. The van der Waals surface area contributed by atoms with Crippen molar-refractivity contribution in [3.05, 3.63) is 29.8 Å². The Morgan fingerprint density at radius 2 is 1.77 bits per heavy atom. The number of carbonyl (C=O) groups is 2. The number of anilines is 1. The zero-order chi connectivity index (χ0) is 19.3. The van der Waals surface area contributed by atoms with Crippen molar-refractivity contribution in [1.82, 2.24) is 9.80 Å². The van der Waals surface area contributed by atoms with E-state index in [0.717, 1.165) is 38.0 Å². The fraction of sp³-hybridized carbons (Fsp3) is 0.619. The average molecular weight is 360 g/mol. The molecule has 144 valence electrons. The van der Waals surface area contributed by atoms with Crippen LogP contribution in [0.15, 0.2) is 24.3 Å². The number of nitrogens with one attached hydrogen (secondary N) is 1. The fourth-order valence-electron chi connectivity index (χ4n) is 3.16. The number of Topliss-reactive ketones (excluding diaryl/α,β-unsaturated/α-hetero) is 1. The predicted octanol–water partition coefficient (Wildman–Crippen LogP) is 4.25. The van der Waals surface area contributed by atoms with E-state index in [1.807, 2.05) is 19.2 Å². The van der Waals surface area contributed by atoms with Crippen molar-refractivity contribution in [1.29, 1.82) is 0 Å². The lowest BCUT2D eigenvalue weighted by Gasteiger charge is -2.35. The molecule has 5 heteroatoms. The minimum absolute atomic E-state index is 0.0146. The molecule has 0 unspecified atom stereocenters. The molecule has 5 nitrogen and oxygen atoms in total. The Kier molecular flexibility index (Phi) is 6.81. The normalized spacial score (nSPS) is 16.3. The van der Waals surface area contributed by atoms with Gasteiger partial charge in [-0.2, -0.15) is 0 Å². The summed E-state index contributed by atoms with van der Waals surface area (Å²) in [6.45, 7) is 8.36. The second-order valence-electron chi connectivity index (χ2n) is 8.27. The van der Waals surface area contributed by atoms with E-state index in [1.54, 1.807) is 17.0 Å². The van der Waals surface area contributed by atoms with E-state index in [-0.39, 0.29) is 23.3 Å². The summed E-state index contributed by atoms with van der Waals surface area (Å²) in [7, 11) is 3.97. The summed E-state index contributed by atoms with van der Waals surface area (Å²) in [5.74, 6) is 0.151. The van der Waals surface area contributed by atoms with Crippen LogP contribution in [0.4, 0.5) is 10.5 Å². The molecule has 0 saturated carbocycles. The molecule has 1 aliphatic rings. The van der Waals surface area contributed by atoms with Gasteiger partial charge in [-0.3, -0.25) is 4.79 Å². The highest BCUT2D eigenvalue weighted by molar-refractivity contribution is 5.97. The maximum absolute atomic E-state index is 12.5. The van der Waals surface area contributed by atoms with Crippen LogP contribution in [0.1, 0.15) is 56.8 Å². The van der Waals surface area contributed by atoms with Crippen LogP contribution >= 0.6 is 0 Å². The molecule has 1 heterocycles. The molecule has 0 radical (unpaired) electrons. The van der Waals surface area contributed by atoms with Gasteiger partial charge in [-0.25, -0.2) is 4.79 Å². The highest BCUT2D eigenvalue weighted by Gasteiger charge is 2.24.